The predicted octanol–water partition coefficient (Wildman–Crippen LogP) is 3.30. The number of carbonyl (C=O) groups is 1. The third kappa shape index (κ3) is 2.42. The summed E-state index contributed by atoms with van der Waals surface area (Å²) >= 11 is 0. The molecule has 124 valence electrons. The molecule has 0 aliphatic carbocycles. The Labute approximate surface area is 135 Å². The molecule has 1 amide bonds. The summed E-state index contributed by atoms with van der Waals surface area (Å²) in [6, 6.07) is 4.59. The van der Waals surface area contributed by atoms with E-state index in [9.17, 15) is 18.0 Å². The zero-order chi connectivity index (χ0) is 17.6. The van der Waals surface area contributed by atoms with E-state index in [1.165, 1.54) is 11.0 Å². The molecule has 0 radical (unpaired) electrons. The van der Waals surface area contributed by atoms with Gasteiger partial charge in [-0.3, -0.25) is 9.48 Å². The third-order valence-corrected chi connectivity index (χ3v) is 4.03. The van der Waals surface area contributed by atoms with Gasteiger partial charge in [0.2, 0.25) is 0 Å². The molecule has 0 saturated heterocycles. The maximum absolute atomic E-state index is 12.9. The number of aromatic nitrogens is 2. The van der Waals surface area contributed by atoms with E-state index in [4.69, 9.17) is 5.26 Å². The molecule has 24 heavy (non-hydrogen) atoms. The van der Waals surface area contributed by atoms with Crippen molar-refractivity contribution in [3.63, 3.8) is 0 Å². The summed E-state index contributed by atoms with van der Waals surface area (Å²) in [6.07, 6.45) is -3.03. The first-order valence-corrected chi connectivity index (χ1v) is 7.21. The van der Waals surface area contributed by atoms with E-state index in [1.54, 1.807) is 23.9 Å². The number of halogens is 3. The second kappa shape index (κ2) is 5.37. The molecule has 0 spiro atoms. The maximum atomic E-state index is 12.9. The molecule has 0 bridgehead atoms. The molecule has 1 aliphatic rings. The van der Waals surface area contributed by atoms with Crippen molar-refractivity contribution in [1.29, 1.82) is 5.26 Å². The predicted molar refractivity (Wildman–Crippen MR) is 79.5 cm³/mol. The van der Waals surface area contributed by atoms with E-state index in [0.717, 1.165) is 12.1 Å². The number of hydrogen-bond donors (Lipinski definition) is 0. The topological polar surface area (TPSA) is 61.9 Å². The second-order valence-electron chi connectivity index (χ2n) is 5.72. The highest BCUT2D eigenvalue weighted by molar-refractivity contribution is 6.06. The van der Waals surface area contributed by atoms with Crippen molar-refractivity contribution in [3.05, 3.63) is 46.8 Å². The molecule has 1 atom stereocenters. The number of amides is 1. The van der Waals surface area contributed by atoms with Gasteiger partial charge in [-0.2, -0.15) is 23.5 Å². The summed E-state index contributed by atoms with van der Waals surface area (Å²) in [7, 11) is 0. The Morgan fingerprint density at radius 2 is 2.08 bits per heavy atom. The Morgan fingerprint density at radius 3 is 2.71 bits per heavy atom. The fraction of sp³-hybridized carbons (Fsp3) is 0.312. The van der Waals surface area contributed by atoms with Crippen molar-refractivity contribution >= 4 is 11.6 Å². The van der Waals surface area contributed by atoms with Crippen LogP contribution in [0.2, 0.25) is 0 Å². The van der Waals surface area contributed by atoms with Gasteiger partial charge in [-0.15, -0.1) is 0 Å². The van der Waals surface area contributed by atoms with Crippen LogP contribution in [0, 0.1) is 18.3 Å². The Bertz CT molecular complexity index is 863. The summed E-state index contributed by atoms with van der Waals surface area (Å²) in [5.74, 6) is -0.341. The van der Waals surface area contributed by atoms with Crippen LogP contribution in [0.1, 0.15) is 40.1 Å². The molecule has 8 heteroatoms. The van der Waals surface area contributed by atoms with Crippen molar-refractivity contribution < 1.29 is 18.0 Å². The van der Waals surface area contributed by atoms with Crippen LogP contribution in [0.3, 0.4) is 0 Å². The summed E-state index contributed by atoms with van der Waals surface area (Å²) < 4.78 is 40.4. The van der Waals surface area contributed by atoms with Gasteiger partial charge in [-0.05, 0) is 32.0 Å². The molecule has 1 aliphatic heterocycles. The first kappa shape index (κ1) is 16.1. The lowest BCUT2D eigenvalue weighted by molar-refractivity contribution is -0.137. The highest BCUT2D eigenvalue weighted by atomic mass is 19.4. The number of benzene rings is 1. The number of carbonyl (C=O) groups excluding carboxylic acids is 1. The lowest BCUT2D eigenvalue weighted by atomic mass is 10.0. The SMILES string of the molecule is Cc1cnn2c1C(=O)N(c1ccc(C(F)(F)F)c(C#N)c1)CC2C. The van der Waals surface area contributed by atoms with Crippen molar-refractivity contribution in [3.8, 4) is 6.07 Å². The number of nitriles is 1. The van der Waals surface area contributed by atoms with E-state index in [1.807, 2.05) is 6.92 Å². The molecule has 0 N–H and O–H groups in total. The maximum Gasteiger partial charge on any atom is 0.417 e. The normalized spacial score (nSPS) is 17.6. The van der Waals surface area contributed by atoms with Gasteiger partial charge in [-0.25, -0.2) is 0 Å². The Kier molecular flexibility index (Phi) is 3.59. The van der Waals surface area contributed by atoms with Crippen molar-refractivity contribution in [2.45, 2.75) is 26.1 Å². The van der Waals surface area contributed by atoms with Gasteiger partial charge in [0, 0.05) is 17.8 Å². The molecule has 0 saturated carbocycles. The van der Waals surface area contributed by atoms with Crippen LogP contribution >= 0.6 is 0 Å². The minimum Gasteiger partial charge on any atom is -0.305 e. The highest BCUT2D eigenvalue weighted by Gasteiger charge is 2.36. The second-order valence-corrected chi connectivity index (χ2v) is 5.72. The number of aryl methyl sites for hydroxylation is 1. The van der Waals surface area contributed by atoms with Gasteiger partial charge in [0.25, 0.3) is 5.91 Å². The van der Waals surface area contributed by atoms with E-state index in [-0.39, 0.29) is 24.2 Å². The minimum absolute atomic E-state index is 0.126. The number of fused-ring (bicyclic) bond motifs is 1. The molecule has 2 heterocycles. The Hall–Kier alpha value is -2.82. The first-order chi connectivity index (χ1) is 11.2. The van der Waals surface area contributed by atoms with E-state index >= 15 is 0 Å². The third-order valence-electron chi connectivity index (χ3n) is 4.03. The Morgan fingerprint density at radius 1 is 1.38 bits per heavy atom. The number of nitrogens with zero attached hydrogens (tertiary/aromatic N) is 4. The zero-order valence-electron chi connectivity index (χ0n) is 12.9. The average molecular weight is 334 g/mol. The van der Waals surface area contributed by atoms with Gasteiger partial charge < -0.3 is 4.90 Å². The van der Waals surface area contributed by atoms with Gasteiger partial charge in [0.15, 0.2) is 0 Å². The largest absolute Gasteiger partial charge is 0.417 e. The fourth-order valence-corrected chi connectivity index (χ4v) is 2.86. The van der Waals surface area contributed by atoms with Crippen LogP contribution < -0.4 is 4.90 Å². The molecule has 1 aromatic carbocycles. The van der Waals surface area contributed by atoms with Gasteiger partial charge in [-0.1, -0.05) is 0 Å². The molecular formula is C16H13F3N4O. The molecular weight excluding hydrogens is 321 g/mol. The van der Waals surface area contributed by atoms with Gasteiger partial charge in [0.1, 0.15) is 5.69 Å². The summed E-state index contributed by atoms with van der Waals surface area (Å²) in [6.45, 7) is 3.88. The van der Waals surface area contributed by atoms with Crippen molar-refractivity contribution in [2.75, 3.05) is 11.4 Å². The monoisotopic (exact) mass is 334 g/mol. The molecule has 5 nitrogen and oxygen atoms in total. The first-order valence-electron chi connectivity index (χ1n) is 7.21. The lowest BCUT2D eigenvalue weighted by Gasteiger charge is -2.32. The van der Waals surface area contributed by atoms with Crippen molar-refractivity contribution in [1.82, 2.24) is 9.78 Å². The van der Waals surface area contributed by atoms with Crippen LogP contribution in [0.5, 0.6) is 0 Å². The molecule has 1 unspecified atom stereocenters. The van der Waals surface area contributed by atoms with Crippen molar-refractivity contribution in [2.24, 2.45) is 0 Å². The van der Waals surface area contributed by atoms with Crippen LogP contribution in [0.25, 0.3) is 0 Å². The minimum atomic E-state index is -4.61. The Balaban J connectivity index is 2.06. The molecule has 1 aromatic heterocycles. The van der Waals surface area contributed by atoms with Crippen LogP contribution in [0.4, 0.5) is 18.9 Å². The van der Waals surface area contributed by atoms with Gasteiger partial charge >= 0.3 is 6.18 Å². The number of alkyl halides is 3. The molecule has 2 aromatic rings. The van der Waals surface area contributed by atoms with Gasteiger partial charge in [0.05, 0.1) is 29.4 Å². The van der Waals surface area contributed by atoms with Crippen LogP contribution in [0.15, 0.2) is 24.4 Å². The van der Waals surface area contributed by atoms with Crippen LogP contribution in [-0.4, -0.2) is 22.2 Å². The summed E-state index contributed by atoms with van der Waals surface area (Å²) in [5.41, 5.74) is -0.136. The number of hydrogen-bond acceptors (Lipinski definition) is 3. The quantitative estimate of drug-likeness (QED) is 0.804. The highest BCUT2D eigenvalue weighted by Crippen LogP contribution is 2.35. The number of anilines is 1. The summed E-state index contributed by atoms with van der Waals surface area (Å²) in [4.78, 5) is 14.1. The van der Waals surface area contributed by atoms with Crippen LogP contribution in [-0.2, 0) is 6.18 Å². The summed E-state index contributed by atoms with van der Waals surface area (Å²) in [5, 5.41) is 13.2. The van der Waals surface area contributed by atoms with E-state index < -0.39 is 17.3 Å². The standard InChI is InChI=1S/C16H13F3N4O/c1-9-7-21-23-10(2)8-22(15(24)14(9)23)12-3-4-13(16(17,18)19)11(5-12)6-20/h3-5,7,10H,8H2,1-2H3. The molecule has 0 fully saturated rings. The fourth-order valence-electron chi connectivity index (χ4n) is 2.86. The average Bonchev–Trinajstić information content (AvgIpc) is 2.92. The van der Waals surface area contributed by atoms with E-state index in [0.29, 0.717) is 11.3 Å². The zero-order valence-corrected chi connectivity index (χ0v) is 12.9. The smallest absolute Gasteiger partial charge is 0.305 e. The molecule has 3 rings (SSSR count). The number of rotatable bonds is 1. The van der Waals surface area contributed by atoms with E-state index in [2.05, 4.69) is 5.10 Å². The lowest BCUT2D eigenvalue weighted by Crippen LogP contribution is -2.43.